The van der Waals surface area contributed by atoms with Crippen molar-refractivity contribution in [2.75, 3.05) is 19.5 Å². The number of carbonyl (C=O) groups is 1. The van der Waals surface area contributed by atoms with Gasteiger partial charge in [-0.05, 0) is 37.1 Å². The zero-order valence-corrected chi connectivity index (χ0v) is 13.6. The summed E-state index contributed by atoms with van der Waals surface area (Å²) in [5.41, 5.74) is 4.31. The number of carbonyl (C=O) groups excluding carboxylic acids is 1. The summed E-state index contributed by atoms with van der Waals surface area (Å²) in [6.45, 7) is 4.03. The topological polar surface area (TPSA) is 56.8 Å². The molecule has 0 aliphatic carbocycles. The third kappa shape index (κ3) is 2.48. The highest BCUT2D eigenvalue weighted by Gasteiger charge is 2.36. The average molecular weight is 313 g/mol. The molecule has 1 aliphatic rings. The maximum absolute atomic E-state index is 12.3. The van der Waals surface area contributed by atoms with Crippen molar-refractivity contribution >= 4 is 11.7 Å². The zero-order valence-electron chi connectivity index (χ0n) is 13.6. The highest BCUT2D eigenvalue weighted by molar-refractivity contribution is 5.98. The van der Waals surface area contributed by atoms with E-state index in [-0.39, 0.29) is 0 Å². The summed E-state index contributed by atoms with van der Waals surface area (Å²) in [7, 11) is 3.05. The van der Waals surface area contributed by atoms with Gasteiger partial charge in [0.15, 0.2) is 11.5 Å². The molecule has 0 spiro atoms. The molecule has 0 saturated carbocycles. The van der Waals surface area contributed by atoms with E-state index in [1.54, 1.807) is 6.07 Å². The number of para-hydroxylation sites is 1. The lowest BCUT2D eigenvalue weighted by atomic mass is 10.0. The molecule has 1 atom stereocenters. The minimum absolute atomic E-state index is 0.404. The van der Waals surface area contributed by atoms with Crippen molar-refractivity contribution in [1.29, 1.82) is 0 Å². The summed E-state index contributed by atoms with van der Waals surface area (Å²) < 4.78 is 16.1. The molecule has 5 nitrogen and oxygen atoms in total. The van der Waals surface area contributed by atoms with Crippen molar-refractivity contribution in [3.63, 3.8) is 0 Å². The van der Waals surface area contributed by atoms with Gasteiger partial charge in [0, 0.05) is 11.3 Å². The zero-order chi connectivity index (χ0) is 16.6. The Balaban J connectivity index is 2.02. The molecule has 0 saturated heterocycles. The Morgan fingerprint density at radius 1 is 1.04 bits per heavy atom. The SMILES string of the molecule is COc1ccc2c(c1OC)C(=O)O[C@H]2Nc1c(C)cccc1C. The summed E-state index contributed by atoms with van der Waals surface area (Å²) in [5, 5.41) is 3.31. The molecule has 23 heavy (non-hydrogen) atoms. The number of fused-ring (bicyclic) bond motifs is 1. The Bertz CT molecular complexity index is 750. The van der Waals surface area contributed by atoms with Crippen LogP contribution in [-0.2, 0) is 4.74 Å². The minimum atomic E-state index is -0.544. The number of hydrogen-bond donors (Lipinski definition) is 1. The Morgan fingerprint density at radius 3 is 2.35 bits per heavy atom. The molecule has 0 unspecified atom stereocenters. The second kappa shape index (κ2) is 5.83. The summed E-state index contributed by atoms with van der Waals surface area (Å²) >= 11 is 0. The van der Waals surface area contributed by atoms with Gasteiger partial charge in [0.05, 0.1) is 14.2 Å². The van der Waals surface area contributed by atoms with Crippen molar-refractivity contribution in [2.24, 2.45) is 0 Å². The maximum Gasteiger partial charge on any atom is 0.344 e. The summed E-state index contributed by atoms with van der Waals surface area (Å²) in [6.07, 6.45) is -0.544. The Labute approximate surface area is 135 Å². The van der Waals surface area contributed by atoms with Crippen molar-refractivity contribution in [3.05, 3.63) is 52.6 Å². The van der Waals surface area contributed by atoms with E-state index in [1.807, 2.05) is 38.1 Å². The van der Waals surface area contributed by atoms with E-state index in [2.05, 4.69) is 5.32 Å². The lowest BCUT2D eigenvalue weighted by molar-refractivity contribution is 0.0435. The van der Waals surface area contributed by atoms with Gasteiger partial charge in [-0.3, -0.25) is 0 Å². The van der Waals surface area contributed by atoms with E-state index in [9.17, 15) is 4.79 Å². The lowest BCUT2D eigenvalue weighted by Crippen LogP contribution is -2.12. The molecule has 1 N–H and O–H groups in total. The normalized spacial score (nSPS) is 15.8. The first kappa shape index (κ1) is 15.2. The number of rotatable bonds is 4. The molecule has 0 fully saturated rings. The highest BCUT2D eigenvalue weighted by atomic mass is 16.6. The maximum atomic E-state index is 12.3. The number of aryl methyl sites for hydroxylation is 2. The first-order valence-electron chi connectivity index (χ1n) is 7.35. The quantitative estimate of drug-likeness (QED) is 0.874. The van der Waals surface area contributed by atoms with E-state index in [1.165, 1.54) is 14.2 Å². The van der Waals surface area contributed by atoms with Crippen LogP contribution in [0.15, 0.2) is 30.3 Å². The van der Waals surface area contributed by atoms with Gasteiger partial charge < -0.3 is 19.5 Å². The van der Waals surface area contributed by atoms with Crippen LogP contribution >= 0.6 is 0 Å². The molecule has 2 aromatic carbocycles. The number of methoxy groups -OCH3 is 2. The van der Waals surface area contributed by atoms with Crippen LogP contribution in [0.25, 0.3) is 0 Å². The molecule has 5 heteroatoms. The third-order valence-electron chi connectivity index (χ3n) is 4.05. The van der Waals surface area contributed by atoms with E-state index in [0.29, 0.717) is 17.1 Å². The fourth-order valence-electron chi connectivity index (χ4n) is 2.88. The van der Waals surface area contributed by atoms with Gasteiger partial charge in [0.1, 0.15) is 5.56 Å². The molecule has 0 radical (unpaired) electrons. The molecular weight excluding hydrogens is 294 g/mol. The summed E-state index contributed by atoms with van der Waals surface area (Å²) in [4.78, 5) is 12.3. The summed E-state index contributed by atoms with van der Waals surface area (Å²) in [6, 6.07) is 9.63. The second-order valence-corrected chi connectivity index (χ2v) is 5.46. The molecule has 0 bridgehead atoms. The van der Waals surface area contributed by atoms with Crippen LogP contribution in [0.5, 0.6) is 11.5 Å². The molecule has 1 aliphatic heterocycles. The molecule has 3 rings (SSSR count). The van der Waals surface area contributed by atoms with Crippen molar-refractivity contribution < 1.29 is 19.0 Å². The van der Waals surface area contributed by atoms with Gasteiger partial charge in [0.25, 0.3) is 0 Å². The number of esters is 1. The molecule has 0 aromatic heterocycles. The van der Waals surface area contributed by atoms with Gasteiger partial charge in [-0.2, -0.15) is 0 Å². The fourth-order valence-corrected chi connectivity index (χ4v) is 2.88. The van der Waals surface area contributed by atoms with Crippen LogP contribution in [0, 0.1) is 13.8 Å². The van der Waals surface area contributed by atoms with Gasteiger partial charge >= 0.3 is 5.97 Å². The average Bonchev–Trinajstić information content (AvgIpc) is 2.86. The molecular formula is C18H19NO4. The standard InChI is InChI=1S/C18H19NO4/c1-10-6-5-7-11(2)15(10)19-17-12-8-9-13(21-3)16(22-4)14(12)18(20)23-17/h5-9,17,19H,1-4H3/t17-/m1/s1. The van der Waals surface area contributed by atoms with Crippen molar-refractivity contribution in [1.82, 2.24) is 0 Å². The van der Waals surface area contributed by atoms with E-state index < -0.39 is 12.2 Å². The number of nitrogens with one attached hydrogen (secondary N) is 1. The van der Waals surface area contributed by atoms with Crippen LogP contribution < -0.4 is 14.8 Å². The van der Waals surface area contributed by atoms with Crippen LogP contribution in [0.1, 0.15) is 33.3 Å². The van der Waals surface area contributed by atoms with E-state index in [0.717, 1.165) is 22.4 Å². The van der Waals surface area contributed by atoms with E-state index in [4.69, 9.17) is 14.2 Å². The largest absolute Gasteiger partial charge is 0.493 e. The third-order valence-corrected chi connectivity index (χ3v) is 4.05. The predicted octanol–water partition coefficient (Wildman–Crippen LogP) is 3.60. The number of anilines is 1. The molecule has 0 amide bonds. The fraction of sp³-hybridized carbons (Fsp3) is 0.278. The van der Waals surface area contributed by atoms with Gasteiger partial charge in [-0.15, -0.1) is 0 Å². The van der Waals surface area contributed by atoms with Crippen LogP contribution in [0.3, 0.4) is 0 Å². The lowest BCUT2D eigenvalue weighted by Gasteiger charge is -2.18. The first-order valence-corrected chi connectivity index (χ1v) is 7.35. The Hall–Kier alpha value is -2.69. The van der Waals surface area contributed by atoms with Gasteiger partial charge in [-0.25, -0.2) is 4.79 Å². The van der Waals surface area contributed by atoms with Gasteiger partial charge in [0.2, 0.25) is 6.23 Å². The minimum Gasteiger partial charge on any atom is -0.493 e. The molecule has 120 valence electrons. The Morgan fingerprint density at radius 2 is 1.74 bits per heavy atom. The van der Waals surface area contributed by atoms with Crippen LogP contribution in [0.2, 0.25) is 0 Å². The monoisotopic (exact) mass is 313 g/mol. The van der Waals surface area contributed by atoms with Crippen molar-refractivity contribution in [2.45, 2.75) is 20.1 Å². The van der Waals surface area contributed by atoms with E-state index >= 15 is 0 Å². The number of ether oxygens (including phenoxy) is 3. The highest BCUT2D eigenvalue weighted by Crippen LogP contribution is 2.42. The summed E-state index contributed by atoms with van der Waals surface area (Å²) in [5.74, 6) is 0.496. The molecule has 1 heterocycles. The van der Waals surface area contributed by atoms with Crippen LogP contribution in [0.4, 0.5) is 5.69 Å². The van der Waals surface area contributed by atoms with Gasteiger partial charge in [-0.1, -0.05) is 18.2 Å². The predicted molar refractivity (Wildman–Crippen MR) is 87.2 cm³/mol. The Kier molecular flexibility index (Phi) is 3.86. The smallest absolute Gasteiger partial charge is 0.344 e. The number of cyclic esters (lactones) is 1. The first-order chi connectivity index (χ1) is 11.1. The van der Waals surface area contributed by atoms with Crippen molar-refractivity contribution in [3.8, 4) is 11.5 Å². The molecule has 2 aromatic rings. The number of benzene rings is 2. The van der Waals surface area contributed by atoms with Crippen LogP contribution in [-0.4, -0.2) is 20.2 Å². The second-order valence-electron chi connectivity index (χ2n) is 5.46. The number of hydrogen-bond acceptors (Lipinski definition) is 5.